The minimum absolute atomic E-state index is 0.000225. The maximum absolute atomic E-state index is 13.2. The standard InChI is InChI=1S/C23H24N4OS/c1-17(2)20(16-25)26-11-13-27(14-12-26)23(28)19-8-4-6-10-22(19)29-21-9-5-3-7-18(21)15-24/h3-10,17,20H,11-14H2,1-2H3. The molecule has 0 aromatic heterocycles. The molecule has 1 heterocycles. The quantitative estimate of drug-likeness (QED) is 0.753. The molecular formula is C23H24N4OS. The third-order valence-electron chi connectivity index (χ3n) is 5.10. The van der Waals surface area contributed by atoms with Gasteiger partial charge in [0.05, 0.1) is 17.2 Å². The molecule has 3 rings (SSSR count). The van der Waals surface area contributed by atoms with Crippen LogP contribution >= 0.6 is 11.8 Å². The van der Waals surface area contributed by atoms with Crippen LogP contribution < -0.4 is 0 Å². The molecule has 1 aliphatic rings. The van der Waals surface area contributed by atoms with Crippen molar-refractivity contribution in [3.8, 4) is 12.1 Å². The molecule has 2 aromatic carbocycles. The summed E-state index contributed by atoms with van der Waals surface area (Å²) < 4.78 is 0. The van der Waals surface area contributed by atoms with Crippen molar-refractivity contribution < 1.29 is 4.79 Å². The molecule has 0 aliphatic carbocycles. The highest BCUT2D eigenvalue weighted by molar-refractivity contribution is 7.99. The van der Waals surface area contributed by atoms with Crippen LogP contribution in [0.2, 0.25) is 0 Å². The number of carbonyl (C=O) groups is 1. The average Bonchev–Trinajstić information content (AvgIpc) is 2.75. The highest BCUT2D eigenvalue weighted by Crippen LogP contribution is 2.33. The Hall–Kier alpha value is -2.80. The van der Waals surface area contributed by atoms with Gasteiger partial charge in [0.15, 0.2) is 0 Å². The fraction of sp³-hybridized carbons (Fsp3) is 0.348. The molecule has 5 nitrogen and oxygen atoms in total. The summed E-state index contributed by atoms with van der Waals surface area (Å²) >= 11 is 1.45. The van der Waals surface area contributed by atoms with E-state index in [1.165, 1.54) is 11.8 Å². The monoisotopic (exact) mass is 404 g/mol. The lowest BCUT2D eigenvalue weighted by Crippen LogP contribution is -2.52. The second-order valence-electron chi connectivity index (χ2n) is 7.35. The zero-order valence-electron chi connectivity index (χ0n) is 16.7. The van der Waals surface area contributed by atoms with Crippen molar-refractivity contribution in [1.29, 1.82) is 10.5 Å². The zero-order valence-corrected chi connectivity index (χ0v) is 17.5. The number of amides is 1. The zero-order chi connectivity index (χ0) is 20.8. The number of hydrogen-bond acceptors (Lipinski definition) is 5. The summed E-state index contributed by atoms with van der Waals surface area (Å²) in [5.74, 6) is 0.264. The summed E-state index contributed by atoms with van der Waals surface area (Å²) in [4.78, 5) is 18.9. The van der Waals surface area contributed by atoms with Crippen molar-refractivity contribution in [3.63, 3.8) is 0 Å². The Labute approximate surface area is 176 Å². The Kier molecular flexibility index (Phi) is 6.93. The lowest BCUT2D eigenvalue weighted by molar-refractivity contribution is 0.0573. The first-order valence-electron chi connectivity index (χ1n) is 9.74. The van der Waals surface area contributed by atoms with Gasteiger partial charge in [-0.25, -0.2) is 0 Å². The van der Waals surface area contributed by atoms with Crippen LogP contribution in [-0.2, 0) is 0 Å². The number of benzene rings is 2. The average molecular weight is 405 g/mol. The minimum Gasteiger partial charge on any atom is -0.336 e. The summed E-state index contributed by atoms with van der Waals surface area (Å²) in [6.45, 7) is 6.73. The third-order valence-corrected chi connectivity index (χ3v) is 6.26. The van der Waals surface area contributed by atoms with Crippen LogP contribution in [-0.4, -0.2) is 47.9 Å². The number of nitrogens with zero attached hydrogens (tertiary/aromatic N) is 4. The predicted molar refractivity (Wildman–Crippen MR) is 113 cm³/mol. The molecule has 1 amide bonds. The van der Waals surface area contributed by atoms with Crippen LogP contribution in [0.25, 0.3) is 0 Å². The van der Waals surface area contributed by atoms with Crippen molar-refractivity contribution in [2.24, 2.45) is 5.92 Å². The first kappa shape index (κ1) is 20.9. The Morgan fingerprint density at radius 2 is 1.59 bits per heavy atom. The molecule has 1 saturated heterocycles. The molecule has 2 aromatic rings. The molecule has 1 unspecified atom stereocenters. The number of rotatable bonds is 5. The van der Waals surface area contributed by atoms with Crippen molar-refractivity contribution in [2.45, 2.75) is 29.7 Å². The Morgan fingerprint density at radius 3 is 2.21 bits per heavy atom. The third kappa shape index (κ3) is 4.79. The number of hydrogen-bond donors (Lipinski definition) is 0. The first-order valence-corrected chi connectivity index (χ1v) is 10.6. The van der Waals surface area contributed by atoms with Crippen molar-refractivity contribution >= 4 is 17.7 Å². The van der Waals surface area contributed by atoms with E-state index in [9.17, 15) is 15.3 Å². The SMILES string of the molecule is CC(C)C(C#N)N1CCN(C(=O)c2ccccc2Sc2ccccc2C#N)CC1. The van der Waals surface area contributed by atoms with E-state index in [0.29, 0.717) is 37.3 Å². The van der Waals surface area contributed by atoms with Gasteiger partial charge in [-0.15, -0.1) is 0 Å². The van der Waals surface area contributed by atoms with Crippen molar-refractivity contribution in [3.05, 3.63) is 59.7 Å². The molecule has 0 radical (unpaired) electrons. The summed E-state index contributed by atoms with van der Waals surface area (Å²) in [6.07, 6.45) is 0. The molecule has 1 atom stereocenters. The number of nitriles is 2. The Morgan fingerprint density at radius 1 is 0.966 bits per heavy atom. The van der Waals surface area contributed by atoms with Crippen LogP contribution in [0.5, 0.6) is 0 Å². The molecular weight excluding hydrogens is 380 g/mol. The van der Waals surface area contributed by atoms with E-state index in [0.717, 1.165) is 9.79 Å². The molecule has 0 spiro atoms. The lowest BCUT2D eigenvalue weighted by Gasteiger charge is -2.38. The lowest BCUT2D eigenvalue weighted by atomic mass is 10.0. The molecule has 0 saturated carbocycles. The van der Waals surface area contributed by atoms with Crippen LogP contribution in [0.3, 0.4) is 0 Å². The molecule has 6 heteroatoms. The van der Waals surface area contributed by atoms with Gasteiger partial charge in [-0.2, -0.15) is 10.5 Å². The van der Waals surface area contributed by atoms with Crippen LogP contribution in [0.4, 0.5) is 0 Å². The van der Waals surface area contributed by atoms with E-state index in [1.807, 2.05) is 47.4 Å². The number of piperazine rings is 1. The highest BCUT2D eigenvalue weighted by Gasteiger charge is 2.29. The van der Waals surface area contributed by atoms with Crippen molar-refractivity contribution in [2.75, 3.05) is 26.2 Å². The Balaban J connectivity index is 1.75. The molecule has 0 bridgehead atoms. The van der Waals surface area contributed by atoms with Gasteiger partial charge >= 0.3 is 0 Å². The van der Waals surface area contributed by atoms with Gasteiger partial charge in [-0.05, 0) is 30.2 Å². The molecule has 1 aliphatic heterocycles. The second kappa shape index (κ2) is 9.60. The fourth-order valence-corrected chi connectivity index (χ4v) is 4.54. The van der Waals surface area contributed by atoms with Crippen LogP contribution in [0, 0.1) is 28.6 Å². The van der Waals surface area contributed by atoms with Crippen LogP contribution in [0.15, 0.2) is 58.3 Å². The molecule has 0 N–H and O–H groups in total. The van der Waals surface area contributed by atoms with E-state index in [1.54, 1.807) is 6.07 Å². The minimum atomic E-state index is -0.113. The van der Waals surface area contributed by atoms with Gasteiger partial charge in [0.2, 0.25) is 0 Å². The predicted octanol–water partition coefficient (Wildman–Crippen LogP) is 4.02. The number of carbonyl (C=O) groups excluding carboxylic acids is 1. The van der Waals surface area contributed by atoms with Gasteiger partial charge in [0.1, 0.15) is 12.1 Å². The molecule has 1 fully saturated rings. The van der Waals surface area contributed by atoms with E-state index in [-0.39, 0.29) is 17.9 Å². The van der Waals surface area contributed by atoms with Crippen LogP contribution in [0.1, 0.15) is 29.8 Å². The van der Waals surface area contributed by atoms with E-state index < -0.39 is 0 Å². The summed E-state index contributed by atoms with van der Waals surface area (Å²) in [5, 5.41) is 18.8. The topological polar surface area (TPSA) is 71.1 Å². The maximum atomic E-state index is 13.2. The highest BCUT2D eigenvalue weighted by atomic mass is 32.2. The summed E-state index contributed by atoms with van der Waals surface area (Å²) in [5.41, 5.74) is 1.25. The van der Waals surface area contributed by atoms with Gasteiger partial charge in [0, 0.05) is 36.0 Å². The van der Waals surface area contributed by atoms with Gasteiger partial charge in [-0.1, -0.05) is 49.9 Å². The van der Waals surface area contributed by atoms with Gasteiger partial charge in [0.25, 0.3) is 5.91 Å². The summed E-state index contributed by atoms with van der Waals surface area (Å²) in [6, 6.07) is 19.4. The summed E-state index contributed by atoms with van der Waals surface area (Å²) in [7, 11) is 0. The van der Waals surface area contributed by atoms with Crippen molar-refractivity contribution in [1.82, 2.24) is 9.80 Å². The molecule has 148 valence electrons. The maximum Gasteiger partial charge on any atom is 0.255 e. The smallest absolute Gasteiger partial charge is 0.255 e. The first-order chi connectivity index (χ1) is 14.0. The fourth-order valence-electron chi connectivity index (χ4n) is 3.52. The second-order valence-corrected chi connectivity index (χ2v) is 8.44. The van der Waals surface area contributed by atoms with E-state index >= 15 is 0 Å². The van der Waals surface area contributed by atoms with Gasteiger partial charge in [-0.3, -0.25) is 9.69 Å². The van der Waals surface area contributed by atoms with E-state index in [2.05, 4.69) is 30.9 Å². The van der Waals surface area contributed by atoms with E-state index in [4.69, 9.17) is 0 Å². The normalized spacial score (nSPS) is 15.6. The molecule has 29 heavy (non-hydrogen) atoms. The Bertz CT molecular complexity index is 952. The van der Waals surface area contributed by atoms with Gasteiger partial charge < -0.3 is 4.90 Å². The largest absolute Gasteiger partial charge is 0.336 e.